The van der Waals surface area contributed by atoms with E-state index in [4.69, 9.17) is 23.2 Å². The average Bonchev–Trinajstić information content (AvgIpc) is 2.69. The summed E-state index contributed by atoms with van der Waals surface area (Å²) in [6, 6.07) is 11.3. The molecule has 0 unspecified atom stereocenters. The highest BCUT2D eigenvalue weighted by atomic mass is 35.5. The minimum atomic E-state index is -4.01. The molecule has 156 valence electrons. The molecule has 0 saturated carbocycles. The molecule has 1 saturated heterocycles. The molecular weight excluding hydrogens is 431 g/mol. The number of sulfonamides is 1. The maximum atomic E-state index is 13.4. The summed E-state index contributed by atoms with van der Waals surface area (Å²) in [5.41, 5.74) is 1.13. The van der Waals surface area contributed by atoms with Gasteiger partial charge < -0.3 is 4.90 Å². The molecule has 2 aromatic rings. The molecular formula is C21H24Cl2N2O3S. The molecule has 1 amide bonds. The number of anilines is 1. The van der Waals surface area contributed by atoms with Crippen molar-refractivity contribution in [2.24, 2.45) is 5.92 Å². The van der Waals surface area contributed by atoms with Crippen molar-refractivity contribution in [1.29, 1.82) is 0 Å². The molecule has 0 aliphatic carbocycles. The topological polar surface area (TPSA) is 57.7 Å². The predicted molar refractivity (Wildman–Crippen MR) is 117 cm³/mol. The Kier molecular flexibility index (Phi) is 6.76. The normalized spacial score (nSPS) is 15.4. The van der Waals surface area contributed by atoms with Gasteiger partial charge >= 0.3 is 0 Å². The molecule has 0 N–H and O–H groups in total. The zero-order valence-corrected chi connectivity index (χ0v) is 18.8. The van der Waals surface area contributed by atoms with Gasteiger partial charge in [-0.1, -0.05) is 53.9 Å². The Morgan fingerprint density at radius 3 is 2.34 bits per heavy atom. The van der Waals surface area contributed by atoms with E-state index in [-0.39, 0.29) is 33.1 Å². The molecule has 2 aromatic carbocycles. The number of nitrogens with zero attached hydrogens (tertiary/aromatic N) is 2. The fourth-order valence-electron chi connectivity index (χ4n) is 3.30. The van der Waals surface area contributed by atoms with Crippen molar-refractivity contribution >= 4 is 44.8 Å². The average molecular weight is 455 g/mol. The van der Waals surface area contributed by atoms with Gasteiger partial charge in [0.25, 0.3) is 10.0 Å². The van der Waals surface area contributed by atoms with Crippen molar-refractivity contribution < 1.29 is 13.2 Å². The highest BCUT2D eigenvalue weighted by molar-refractivity contribution is 7.92. The standard InChI is InChI=1S/C21H24Cl2N2O3S/c1-15-6-8-17(9-7-15)29(27,28)25(19-5-3-4-18(22)21(19)23)14-20(26)24-12-10-16(2)11-13-24/h3-9,16H,10-14H2,1-2H3. The lowest BCUT2D eigenvalue weighted by Gasteiger charge is -2.33. The van der Waals surface area contributed by atoms with Crippen LogP contribution in [0.15, 0.2) is 47.4 Å². The van der Waals surface area contributed by atoms with E-state index in [9.17, 15) is 13.2 Å². The highest BCUT2D eigenvalue weighted by Gasteiger charge is 2.31. The number of halogens is 2. The van der Waals surface area contributed by atoms with E-state index in [2.05, 4.69) is 6.92 Å². The maximum absolute atomic E-state index is 13.4. The SMILES string of the molecule is Cc1ccc(S(=O)(=O)N(CC(=O)N2CCC(C)CC2)c2cccc(Cl)c2Cl)cc1. The Labute approximate surface area is 182 Å². The first-order valence-corrected chi connectivity index (χ1v) is 11.7. The predicted octanol–water partition coefficient (Wildman–Crippen LogP) is 4.76. The van der Waals surface area contributed by atoms with Crippen LogP contribution in [0.1, 0.15) is 25.3 Å². The Morgan fingerprint density at radius 1 is 1.10 bits per heavy atom. The van der Waals surface area contributed by atoms with E-state index in [1.165, 1.54) is 12.1 Å². The summed E-state index contributed by atoms with van der Waals surface area (Å²) in [6.07, 6.45) is 1.82. The first kappa shape index (κ1) is 21.9. The summed E-state index contributed by atoms with van der Waals surface area (Å²) in [5, 5.41) is 0.331. The van der Waals surface area contributed by atoms with Gasteiger partial charge in [-0.2, -0.15) is 0 Å². The third-order valence-corrected chi connectivity index (χ3v) is 7.81. The van der Waals surface area contributed by atoms with Gasteiger partial charge in [-0.05, 0) is 49.9 Å². The largest absolute Gasteiger partial charge is 0.341 e. The lowest BCUT2D eigenvalue weighted by atomic mass is 9.99. The zero-order chi connectivity index (χ0) is 21.2. The van der Waals surface area contributed by atoms with Crippen molar-refractivity contribution in [2.45, 2.75) is 31.6 Å². The number of hydrogen-bond acceptors (Lipinski definition) is 3. The van der Waals surface area contributed by atoms with Gasteiger partial charge in [-0.25, -0.2) is 8.42 Å². The van der Waals surface area contributed by atoms with E-state index >= 15 is 0 Å². The van der Waals surface area contributed by atoms with E-state index in [0.717, 1.165) is 22.7 Å². The first-order chi connectivity index (χ1) is 13.7. The smallest absolute Gasteiger partial charge is 0.264 e. The zero-order valence-electron chi connectivity index (χ0n) is 16.4. The summed E-state index contributed by atoms with van der Waals surface area (Å²) >= 11 is 12.5. The second-order valence-corrected chi connectivity index (χ2v) is 10.1. The fraction of sp³-hybridized carbons (Fsp3) is 0.381. The van der Waals surface area contributed by atoms with Crippen molar-refractivity contribution in [2.75, 3.05) is 23.9 Å². The summed E-state index contributed by atoms with van der Waals surface area (Å²) < 4.78 is 27.9. The number of aryl methyl sites for hydroxylation is 1. The van der Waals surface area contributed by atoms with Gasteiger partial charge in [0.1, 0.15) is 6.54 Å². The van der Waals surface area contributed by atoms with Gasteiger partial charge in [0.05, 0.1) is 20.6 Å². The molecule has 1 aliphatic rings. The Hall–Kier alpha value is -1.76. The molecule has 1 aliphatic heterocycles. The minimum absolute atomic E-state index is 0.0965. The molecule has 0 aromatic heterocycles. The van der Waals surface area contributed by atoms with Crippen molar-refractivity contribution in [3.05, 3.63) is 58.1 Å². The number of carbonyl (C=O) groups excluding carboxylic acids is 1. The summed E-state index contributed by atoms with van der Waals surface area (Å²) in [7, 11) is -4.01. The number of carbonyl (C=O) groups is 1. The van der Waals surface area contributed by atoms with Crippen molar-refractivity contribution in [3.63, 3.8) is 0 Å². The van der Waals surface area contributed by atoms with Crippen LogP contribution in [0.5, 0.6) is 0 Å². The first-order valence-electron chi connectivity index (χ1n) is 9.51. The second-order valence-electron chi connectivity index (χ2n) is 7.46. The molecule has 0 spiro atoms. The number of rotatable bonds is 5. The molecule has 1 fully saturated rings. The number of hydrogen-bond donors (Lipinski definition) is 0. The lowest BCUT2D eigenvalue weighted by molar-refractivity contribution is -0.130. The summed E-state index contributed by atoms with van der Waals surface area (Å²) in [5.74, 6) is 0.317. The van der Waals surface area contributed by atoms with Gasteiger partial charge in [0, 0.05) is 13.1 Å². The van der Waals surface area contributed by atoms with Crippen LogP contribution < -0.4 is 4.31 Å². The van der Waals surface area contributed by atoms with E-state index < -0.39 is 10.0 Å². The van der Waals surface area contributed by atoms with Crippen LogP contribution in [0.3, 0.4) is 0 Å². The van der Waals surface area contributed by atoms with Gasteiger partial charge in [-0.3, -0.25) is 9.10 Å². The summed E-state index contributed by atoms with van der Waals surface area (Å²) in [6.45, 7) is 4.96. The number of likely N-dealkylation sites (tertiary alicyclic amines) is 1. The second kappa shape index (κ2) is 8.94. The van der Waals surface area contributed by atoms with Crippen LogP contribution in [0, 0.1) is 12.8 Å². The van der Waals surface area contributed by atoms with Gasteiger partial charge in [0.2, 0.25) is 5.91 Å². The third-order valence-electron chi connectivity index (χ3n) is 5.22. The molecule has 1 heterocycles. The van der Waals surface area contributed by atoms with E-state index in [1.807, 2.05) is 6.92 Å². The maximum Gasteiger partial charge on any atom is 0.264 e. The minimum Gasteiger partial charge on any atom is -0.341 e. The number of benzene rings is 2. The third kappa shape index (κ3) is 4.87. The Morgan fingerprint density at radius 2 is 1.72 bits per heavy atom. The number of amides is 1. The molecule has 8 heteroatoms. The van der Waals surface area contributed by atoms with Crippen LogP contribution in [-0.2, 0) is 14.8 Å². The van der Waals surface area contributed by atoms with Crippen LogP contribution in [-0.4, -0.2) is 38.9 Å². The van der Waals surface area contributed by atoms with E-state index in [0.29, 0.717) is 19.0 Å². The fourth-order valence-corrected chi connectivity index (χ4v) is 5.18. The quantitative estimate of drug-likeness (QED) is 0.654. The summed E-state index contributed by atoms with van der Waals surface area (Å²) in [4.78, 5) is 14.8. The van der Waals surface area contributed by atoms with Crippen molar-refractivity contribution in [3.8, 4) is 0 Å². The van der Waals surface area contributed by atoms with Gasteiger partial charge in [0.15, 0.2) is 0 Å². The molecule has 29 heavy (non-hydrogen) atoms. The van der Waals surface area contributed by atoms with Gasteiger partial charge in [-0.15, -0.1) is 0 Å². The molecule has 0 atom stereocenters. The number of piperidine rings is 1. The van der Waals surface area contributed by atoms with Crippen LogP contribution >= 0.6 is 23.2 Å². The van der Waals surface area contributed by atoms with Crippen LogP contribution in [0.2, 0.25) is 10.0 Å². The molecule has 0 radical (unpaired) electrons. The van der Waals surface area contributed by atoms with Crippen LogP contribution in [0.4, 0.5) is 5.69 Å². The monoisotopic (exact) mass is 454 g/mol. The van der Waals surface area contributed by atoms with E-state index in [1.54, 1.807) is 35.2 Å². The molecule has 0 bridgehead atoms. The Balaban J connectivity index is 1.99. The van der Waals surface area contributed by atoms with Crippen molar-refractivity contribution in [1.82, 2.24) is 4.90 Å². The molecule has 3 rings (SSSR count). The van der Waals surface area contributed by atoms with Crippen LogP contribution in [0.25, 0.3) is 0 Å². The molecule has 5 nitrogen and oxygen atoms in total. The Bertz CT molecular complexity index is 985. The lowest BCUT2D eigenvalue weighted by Crippen LogP contribution is -2.45. The highest BCUT2D eigenvalue weighted by Crippen LogP contribution is 2.35.